The monoisotopic (exact) mass is 301 g/mol. The Morgan fingerprint density at radius 1 is 1.14 bits per heavy atom. The fourth-order valence-corrected chi connectivity index (χ4v) is 2.91. The normalized spacial score (nSPS) is 14.7. The number of rotatable bonds is 2. The average molecular weight is 302 g/mol. The minimum absolute atomic E-state index is 0. The summed E-state index contributed by atoms with van der Waals surface area (Å²) in [5, 5.41) is 8.49. The average Bonchev–Trinajstić information content (AvgIpc) is 2.80. The van der Waals surface area contributed by atoms with Crippen LogP contribution in [-0.4, -0.2) is 15.2 Å². The summed E-state index contributed by atoms with van der Waals surface area (Å²) in [6.07, 6.45) is 3.67. The van der Waals surface area contributed by atoms with Gasteiger partial charge in [0.2, 0.25) is 5.56 Å². The molecule has 3 aromatic rings. The van der Waals surface area contributed by atoms with Crippen LogP contribution < -0.4 is 5.56 Å². The summed E-state index contributed by atoms with van der Waals surface area (Å²) < 4.78 is 0. The number of fused-ring (bicyclic) bond motifs is 1. The van der Waals surface area contributed by atoms with Crippen LogP contribution in [0.5, 0.6) is 0 Å². The molecule has 1 fully saturated rings. The van der Waals surface area contributed by atoms with E-state index in [4.69, 9.17) is 0 Å². The molecule has 0 aliphatic heterocycles. The van der Waals surface area contributed by atoms with E-state index in [0.717, 1.165) is 16.5 Å². The summed E-state index contributed by atoms with van der Waals surface area (Å²) in [7, 11) is 0. The van der Waals surface area contributed by atoms with Gasteiger partial charge in [0.05, 0.1) is 0 Å². The lowest BCUT2D eigenvalue weighted by atomic mass is 9.81. The van der Waals surface area contributed by atoms with Crippen molar-refractivity contribution in [3.63, 3.8) is 0 Å². The van der Waals surface area contributed by atoms with Crippen molar-refractivity contribution in [3.05, 3.63) is 52.4 Å². The molecule has 2 heterocycles. The van der Waals surface area contributed by atoms with Gasteiger partial charge >= 0.3 is 0 Å². The number of nitrogens with one attached hydrogen (secondary N) is 2. The molecule has 4 rings (SSSR count). The number of H-pyrrole nitrogens is 2. The van der Waals surface area contributed by atoms with Gasteiger partial charge in [-0.3, -0.25) is 9.89 Å². The second-order valence-electron chi connectivity index (χ2n) is 5.40. The van der Waals surface area contributed by atoms with E-state index in [2.05, 4.69) is 15.2 Å². The maximum atomic E-state index is 11.8. The molecule has 1 aromatic carbocycles. The Morgan fingerprint density at radius 3 is 2.57 bits per heavy atom. The van der Waals surface area contributed by atoms with Crippen LogP contribution in [-0.2, 0) is 0 Å². The Morgan fingerprint density at radius 2 is 1.90 bits per heavy atom. The zero-order valence-electron chi connectivity index (χ0n) is 11.4. The van der Waals surface area contributed by atoms with Crippen LogP contribution in [0.1, 0.15) is 30.9 Å². The number of aromatic amines is 2. The van der Waals surface area contributed by atoms with Gasteiger partial charge in [0.15, 0.2) is 5.65 Å². The smallest absolute Gasteiger partial charge is 0.250 e. The molecule has 5 heteroatoms. The van der Waals surface area contributed by atoms with Crippen LogP contribution in [0, 0.1) is 0 Å². The molecular weight excluding hydrogens is 286 g/mol. The van der Waals surface area contributed by atoms with E-state index in [0.29, 0.717) is 11.6 Å². The Labute approximate surface area is 128 Å². The quantitative estimate of drug-likeness (QED) is 0.759. The van der Waals surface area contributed by atoms with E-state index in [1.165, 1.54) is 25.0 Å². The topological polar surface area (TPSA) is 61.5 Å². The molecule has 0 saturated heterocycles. The molecule has 0 bridgehead atoms. The summed E-state index contributed by atoms with van der Waals surface area (Å²) in [6.45, 7) is 0. The van der Waals surface area contributed by atoms with E-state index < -0.39 is 0 Å². The molecular formula is C16H16ClN3O. The van der Waals surface area contributed by atoms with Crippen LogP contribution in [0.15, 0.2) is 41.2 Å². The minimum atomic E-state index is -0.108. The highest BCUT2D eigenvalue weighted by Crippen LogP contribution is 2.40. The second-order valence-corrected chi connectivity index (χ2v) is 5.40. The predicted octanol–water partition coefficient (Wildman–Crippen LogP) is 3.61. The maximum Gasteiger partial charge on any atom is 0.250 e. The number of nitrogens with zero attached hydrogens (tertiary/aromatic N) is 1. The number of benzene rings is 1. The van der Waals surface area contributed by atoms with Crippen molar-refractivity contribution in [2.75, 3.05) is 0 Å². The standard InChI is InChI=1S/C16H15N3O.ClH/c20-13-9-12(10-5-2-1-3-6-10)14-15(11-7-4-8-11)18-19-16(14)17-13;/h1-3,5-6,9,11H,4,7-8H2,(H2,17,18,19,20);1H. The van der Waals surface area contributed by atoms with Gasteiger partial charge in [-0.05, 0) is 24.0 Å². The Bertz CT molecular complexity index is 818. The van der Waals surface area contributed by atoms with Crippen LogP contribution in [0.2, 0.25) is 0 Å². The van der Waals surface area contributed by atoms with E-state index in [9.17, 15) is 4.79 Å². The molecule has 0 spiro atoms. The van der Waals surface area contributed by atoms with Crippen LogP contribution >= 0.6 is 12.4 Å². The van der Waals surface area contributed by atoms with Crippen molar-refractivity contribution >= 4 is 23.4 Å². The number of hydrogen-bond donors (Lipinski definition) is 2. The fraction of sp³-hybridized carbons (Fsp3) is 0.250. The van der Waals surface area contributed by atoms with Crippen molar-refractivity contribution < 1.29 is 0 Å². The molecule has 4 nitrogen and oxygen atoms in total. The van der Waals surface area contributed by atoms with E-state index in [-0.39, 0.29) is 18.0 Å². The molecule has 0 atom stereocenters. The Hall–Kier alpha value is -2.07. The third-order valence-corrected chi connectivity index (χ3v) is 4.18. The first kappa shape index (κ1) is 13.9. The first-order valence-electron chi connectivity index (χ1n) is 6.99. The third kappa shape index (κ3) is 2.25. The van der Waals surface area contributed by atoms with Gasteiger partial charge in [-0.2, -0.15) is 5.10 Å². The molecule has 108 valence electrons. The molecule has 0 unspecified atom stereocenters. The van der Waals surface area contributed by atoms with Crippen LogP contribution in [0.25, 0.3) is 22.2 Å². The van der Waals surface area contributed by atoms with Crippen LogP contribution in [0.4, 0.5) is 0 Å². The van der Waals surface area contributed by atoms with Gasteiger partial charge in [0.25, 0.3) is 0 Å². The number of aromatic nitrogens is 3. The summed E-state index contributed by atoms with van der Waals surface area (Å²) in [4.78, 5) is 14.7. The first-order chi connectivity index (χ1) is 9.83. The minimum Gasteiger partial charge on any atom is -0.305 e. The second kappa shape index (κ2) is 5.37. The lowest BCUT2D eigenvalue weighted by Crippen LogP contribution is -2.10. The molecule has 0 amide bonds. The lowest BCUT2D eigenvalue weighted by Gasteiger charge is -2.24. The van der Waals surface area contributed by atoms with Crippen molar-refractivity contribution in [1.29, 1.82) is 0 Å². The van der Waals surface area contributed by atoms with Gasteiger partial charge < -0.3 is 4.98 Å². The Kier molecular flexibility index (Phi) is 3.55. The van der Waals surface area contributed by atoms with Crippen molar-refractivity contribution in [2.24, 2.45) is 0 Å². The highest BCUT2D eigenvalue weighted by Gasteiger charge is 2.25. The Balaban J connectivity index is 0.00000132. The van der Waals surface area contributed by atoms with Gasteiger partial charge in [-0.1, -0.05) is 36.8 Å². The van der Waals surface area contributed by atoms with Crippen molar-refractivity contribution in [3.8, 4) is 11.1 Å². The maximum absolute atomic E-state index is 11.8. The van der Waals surface area contributed by atoms with E-state index >= 15 is 0 Å². The van der Waals surface area contributed by atoms with E-state index in [1.54, 1.807) is 6.07 Å². The van der Waals surface area contributed by atoms with Crippen molar-refractivity contribution in [1.82, 2.24) is 15.2 Å². The first-order valence-corrected chi connectivity index (χ1v) is 6.99. The summed E-state index contributed by atoms with van der Waals surface area (Å²) in [6, 6.07) is 11.7. The molecule has 21 heavy (non-hydrogen) atoms. The molecule has 1 aliphatic carbocycles. The number of hydrogen-bond acceptors (Lipinski definition) is 2. The third-order valence-electron chi connectivity index (χ3n) is 4.18. The van der Waals surface area contributed by atoms with E-state index in [1.807, 2.05) is 30.3 Å². The summed E-state index contributed by atoms with van der Waals surface area (Å²) in [5.41, 5.74) is 3.76. The predicted molar refractivity (Wildman–Crippen MR) is 86.0 cm³/mol. The molecule has 1 saturated carbocycles. The van der Waals surface area contributed by atoms with Gasteiger partial charge in [-0.15, -0.1) is 12.4 Å². The lowest BCUT2D eigenvalue weighted by molar-refractivity contribution is 0.413. The highest BCUT2D eigenvalue weighted by atomic mass is 35.5. The summed E-state index contributed by atoms with van der Waals surface area (Å²) >= 11 is 0. The number of halogens is 1. The molecule has 1 aliphatic rings. The molecule has 0 radical (unpaired) electrons. The van der Waals surface area contributed by atoms with Crippen LogP contribution in [0.3, 0.4) is 0 Å². The summed E-state index contributed by atoms with van der Waals surface area (Å²) in [5.74, 6) is 0.549. The highest BCUT2D eigenvalue weighted by molar-refractivity contribution is 5.94. The number of pyridine rings is 1. The van der Waals surface area contributed by atoms with Gasteiger partial charge in [0, 0.05) is 23.1 Å². The molecule has 2 N–H and O–H groups in total. The largest absolute Gasteiger partial charge is 0.305 e. The zero-order valence-corrected chi connectivity index (χ0v) is 12.2. The van der Waals surface area contributed by atoms with Crippen molar-refractivity contribution in [2.45, 2.75) is 25.2 Å². The SMILES string of the molecule is Cl.O=c1cc(-c2ccccc2)c2c(C3CCC3)[nH]nc2[nH]1. The fourth-order valence-electron chi connectivity index (χ4n) is 2.91. The zero-order chi connectivity index (χ0) is 13.5. The van der Waals surface area contributed by atoms with Gasteiger partial charge in [0.1, 0.15) is 0 Å². The molecule has 2 aromatic heterocycles. The van der Waals surface area contributed by atoms with Gasteiger partial charge in [-0.25, -0.2) is 0 Å².